The number of halogens is 1. The van der Waals surface area contributed by atoms with Crippen LogP contribution in [-0.4, -0.2) is 19.5 Å². The molecule has 0 fully saturated rings. The number of benzene rings is 2. The van der Waals surface area contributed by atoms with Crippen molar-refractivity contribution in [2.45, 2.75) is 19.9 Å². The zero-order valence-electron chi connectivity index (χ0n) is 17.3. The van der Waals surface area contributed by atoms with E-state index in [1.54, 1.807) is 16.7 Å². The lowest BCUT2D eigenvalue weighted by atomic mass is 10.1. The summed E-state index contributed by atoms with van der Waals surface area (Å²) >= 11 is 3.47. The first-order chi connectivity index (χ1) is 15.3. The average molecular weight is 491 g/mol. The van der Waals surface area contributed by atoms with Gasteiger partial charge < -0.3 is 16.8 Å². The molecule has 0 spiro atoms. The Morgan fingerprint density at radius 3 is 2.62 bits per heavy atom. The predicted molar refractivity (Wildman–Crippen MR) is 127 cm³/mol. The Labute approximate surface area is 191 Å². The summed E-state index contributed by atoms with van der Waals surface area (Å²) in [5.74, 6) is 0.513. The Hall–Kier alpha value is -3.97. The summed E-state index contributed by atoms with van der Waals surface area (Å²) in [7, 11) is 0. The van der Waals surface area contributed by atoms with Crippen LogP contribution in [0.25, 0.3) is 16.6 Å². The van der Waals surface area contributed by atoms with E-state index >= 15 is 0 Å². The van der Waals surface area contributed by atoms with Gasteiger partial charge in [-0.05, 0) is 59.6 Å². The highest BCUT2D eigenvalue weighted by Crippen LogP contribution is 2.27. The summed E-state index contributed by atoms with van der Waals surface area (Å²) in [6.45, 7) is 3.76. The summed E-state index contributed by atoms with van der Waals surface area (Å²) < 4.78 is 2.21. The molecule has 2 heterocycles. The molecule has 0 aliphatic rings. The topological polar surface area (TPSA) is 149 Å². The smallest absolute Gasteiger partial charge is 0.267 e. The number of nitrogen functional groups attached to an aromatic ring is 2. The van der Waals surface area contributed by atoms with Crippen molar-refractivity contribution in [1.82, 2.24) is 19.5 Å². The molecule has 4 aromatic rings. The normalized spacial score (nSPS) is 11.8. The lowest BCUT2D eigenvalue weighted by Gasteiger charge is -2.21. The molecule has 0 saturated carbocycles. The Morgan fingerprint density at radius 2 is 1.91 bits per heavy atom. The largest absolute Gasteiger partial charge is 0.382 e. The third-order valence-electron chi connectivity index (χ3n) is 4.94. The van der Waals surface area contributed by atoms with Crippen LogP contribution >= 0.6 is 15.9 Å². The van der Waals surface area contributed by atoms with Gasteiger partial charge in [-0.1, -0.05) is 18.2 Å². The summed E-state index contributed by atoms with van der Waals surface area (Å²) in [5.41, 5.74) is 13.6. The molecule has 0 radical (unpaired) electrons. The van der Waals surface area contributed by atoms with Crippen molar-refractivity contribution in [3.63, 3.8) is 0 Å². The highest BCUT2D eigenvalue weighted by molar-refractivity contribution is 9.10. The fourth-order valence-corrected chi connectivity index (χ4v) is 4.02. The van der Waals surface area contributed by atoms with E-state index in [-0.39, 0.29) is 28.7 Å². The molecule has 2 aromatic carbocycles. The molecule has 0 amide bonds. The molecule has 9 nitrogen and oxygen atoms in total. The first kappa shape index (κ1) is 21.3. The van der Waals surface area contributed by atoms with Crippen LogP contribution in [-0.2, 0) is 0 Å². The number of hydrogen-bond donors (Lipinski definition) is 3. The minimum atomic E-state index is -0.535. The zero-order chi connectivity index (χ0) is 23.0. The molecule has 0 bridgehead atoms. The monoisotopic (exact) mass is 490 g/mol. The van der Waals surface area contributed by atoms with Crippen LogP contribution < -0.4 is 22.3 Å². The Bertz CT molecular complexity index is 1460. The van der Waals surface area contributed by atoms with Crippen LogP contribution in [0.2, 0.25) is 0 Å². The minimum Gasteiger partial charge on any atom is -0.382 e. The van der Waals surface area contributed by atoms with Gasteiger partial charge in [0.15, 0.2) is 5.82 Å². The van der Waals surface area contributed by atoms with E-state index in [1.165, 1.54) is 0 Å². The van der Waals surface area contributed by atoms with E-state index < -0.39 is 6.04 Å². The molecule has 2 aromatic heterocycles. The minimum absolute atomic E-state index is 0.0267. The number of nitriles is 1. The van der Waals surface area contributed by atoms with E-state index in [0.717, 1.165) is 5.56 Å². The number of aryl methyl sites for hydroxylation is 1. The van der Waals surface area contributed by atoms with Gasteiger partial charge in [-0.3, -0.25) is 9.36 Å². The van der Waals surface area contributed by atoms with E-state index in [9.17, 15) is 10.1 Å². The zero-order valence-corrected chi connectivity index (χ0v) is 18.9. The average Bonchev–Trinajstić information content (AvgIpc) is 2.73. The van der Waals surface area contributed by atoms with Crippen molar-refractivity contribution in [1.29, 1.82) is 5.26 Å². The van der Waals surface area contributed by atoms with Gasteiger partial charge in [0, 0.05) is 4.47 Å². The number of nitrogens with one attached hydrogen (secondary N) is 1. The highest BCUT2D eigenvalue weighted by Gasteiger charge is 2.21. The molecular weight excluding hydrogens is 472 g/mol. The second-order valence-electron chi connectivity index (χ2n) is 7.25. The van der Waals surface area contributed by atoms with Gasteiger partial charge in [0.25, 0.3) is 5.56 Å². The molecule has 0 aliphatic carbocycles. The second-order valence-corrected chi connectivity index (χ2v) is 8.11. The van der Waals surface area contributed by atoms with Crippen LogP contribution in [0.15, 0.2) is 51.7 Å². The first-order valence-electron chi connectivity index (χ1n) is 9.68. The van der Waals surface area contributed by atoms with Crippen molar-refractivity contribution < 1.29 is 0 Å². The molecule has 4 rings (SSSR count). The fraction of sp³-hybridized carbons (Fsp3) is 0.136. The number of aromatic nitrogens is 4. The molecule has 5 N–H and O–H groups in total. The molecular formula is C22H19BrN8O. The maximum atomic E-state index is 13.6. The van der Waals surface area contributed by atoms with Gasteiger partial charge >= 0.3 is 0 Å². The van der Waals surface area contributed by atoms with Gasteiger partial charge in [0.1, 0.15) is 23.3 Å². The second kappa shape index (κ2) is 8.28. The van der Waals surface area contributed by atoms with Crippen molar-refractivity contribution in [3.8, 4) is 11.8 Å². The van der Waals surface area contributed by atoms with Crippen LogP contribution in [0, 0.1) is 18.3 Å². The Balaban J connectivity index is 1.95. The highest BCUT2D eigenvalue weighted by atomic mass is 79.9. The van der Waals surface area contributed by atoms with Crippen molar-refractivity contribution in [2.75, 3.05) is 16.8 Å². The van der Waals surface area contributed by atoms with E-state index in [4.69, 9.17) is 16.5 Å². The molecule has 0 saturated heterocycles. The van der Waals surface area contributed by atoms with Gasteiger partial charge in [-0.15, -0.1) is 0 Å². The molecule has 0 aliphatic heterocycles. The van der Waals surface area contributed by atoms with Gasteiger partial charge in [0.05, 0.1) is 22.6 Å². The van der Waals surface area contributed by atoms with Crippen LogP contribution in [0.4, 0.5) is 17.6 Å². The quantitative estimate of drug-likeness (QED) is 0.393. The summed E-state index contributed by atoms with van der Waals surface area (Å²) in [5, 5.41) is 13.1. The number of rotatable bonds is 4. The SMILES string of the molecule is Cc1cccc(-n2c(C(C)Nc3nc(N)nc(N)c3C#N)nc3cccc(Br)c3c2=O)c1. The predicted octanol–water partition coefficient (Wildman–Crippen LogP) is 3.46. The van der Waals surface area contributed by atoms with Crippen LogP contribution in [0.1, 0.15) is 29.9 Å². The fourth-order valence-electron chi connectivity index (χ4n) is 3.49. The van der Waals surface area contributed by atoms with Gasteiger partial charge in [0.2, 0.25) is 5.95 Å². The van der Waals surface area contributed by atoms with Crippen molar-refractivity contribution in [3.05, 3.63) is 74.2 Å². The number of nitrogens with two attached hydrogens (primary N) is 2. The van der Waals surface area contributed by atoms with Crippen molar-refractivity contribution >= 4 is 44.4 Å². The van der Waals surface area contributed by atoms with Gasteiger partial charge in [-0.2, -0.15) is 15.2 Å². The number of hydrogen-bond acceptors (Lipinski definition) is 8. The summed E-state index contributed by atoms with van der Waals surface area (Å²) in [4.78, 5) is 26.3. The van der Waals surface area contributed by atoms with E-state index in [1.807, 2.05) is 50.2 Å². The first-order valence-corrected chi connectivity index (χ1v) is 10.5. The molecule has 32 heavy (non-hydrogen) atoms. The maximum Gasteiger partial charge on any atom is 0.267 e. The lowest BCUT2D eigenvalue weighted by Crippen LogP contribution is -2.28. The Kier molecular flexibility index (Phi) is 5.50. The van der Waals surface area contributed by atoms with E-state index in [2.05, 4.69) is 31.2 Å². The molecule has 1 atom stereocenters. The number of nitrogens with zero attached hydrogens (tertiary/aromatic N) is 5. The lowest BCUT2D eigenvalue weighted by molar-refractivity contribution is 0.730. The molecule has 160 valence electrons. The van der Waals surface area contributed by atoms with Gasteiger partial charge in [-0.25, -0.2) is 4.98 Å². The third-order valence-corrected chi connectivity index (χ3v) is 5.60. The maximum absolute atomic E-state index is 13.6. The standard InChI is InChI=1S/C22H19BrN8O/c1-11-5-3-6-13(9-11)31-20(28-16-8-4-7-15(23)17(16)21(31)32)12(2)27-19-14(10-24)18(25)29-22(26)30-19/h3-9,12H,1-2H3,(H5,25,26,27,29,30). The van der Waals surface area contributed by atoms with Crippen LogP contribution in [0.3, 0.4) is 0 Å². The summed E-state index contributed by atoms with van der Waals surface area (Å²) in [6.07, 6.45) is 0. The molecule has 1 unspecified atom stereocenters. The number of fused-ring (bicyclic) bond motifs is 1. The number of anilines is 3. The van der Waals surface area contributed by atoms with E-state index in [0.29, 0.717) is 26.9 Å². The third kappa shape index (κ3) is 3.74. The van der Waals surface area contributed by atoms with Crippen LogP contribution in [0.5, 0.6) is 0 Å². The molecule has 10 heteroatoms. The Morgan fingerprint density at radius 1 is 1.16 bits per heavy atom. The van der Waals surface area contributed by atoms with Crippen molar-refractivity contribution in [2.24, 2.45) is 0 Å². The summed E-state index contributed by atoms with van der Waals surface area (Å²) in [6, 6.07) is 14.4.